The molecule has 2 aromatic rings. The topological polar surface area (TPSA) is 56.3 Å². The molecule has 0 radical (unpaired) electrons. The summed E-state index contributed by atoms with van der Waals surface area (Å²) >= 11 is 7.49. The van der Waals surface area contributed by atoms with Crippen LogP contribution >= 0.6 is 23.1 Å². The second kappa shape index (κ2) is 4.99. The van der Waals surface area contributed by atoms with Crippen molar-refractivity contribution in [1.29, 1.82) is 0 Å². The van der Waals surface area contributed by atoms with Gasteiger partial charge in [-0.05, 0) is 11.5 Å². The number of halogens is 1. The Balaban J connectivity index is 1.79. The van der Waals surface area contributed by atoms with Gasteiger partial charge in [0.05, 0.1) is 22.9 Å². The molecule has 0 unspecified atom stereocenters. The zero-order valence-electron chi connectivity index (χ0n) is 9.35. The first kappa shape index (κ1) is 11.6. The fraction of sp³-hybridized carbons (Fsp3) is 0.273. The summed E-state index contributed by atoms with van der Waals surface area (Å²) in [5.74, 6) is 1.40. The second-order valence-corrected chi connectivity index (χ2v) is 4.74. The number of nitrogens with zero attached hydrogens (tertiary/aromatic N) is 2. The summed E-state index contributed by atoms with van der Waals surface area (Å²) < 4.78 is 14.8. The van der Waals surface area contributed by atoms with Crippen LogP contribution in [0.4, 0.5) is 5.69 Å². The molecule has 1 aliphatic heterocycles. The molecule has 1 aromatic heterocycles. The molecule has 0 aliphatic carbocycles. The van der Waals surface area contributed by atoms with Gasteiger partial charge in [-0.15, -0.1) is 5.10 Å². The quantitative estimate of drug-likeness (QED) is 0.938. The zero-order valence-corrected chi connectivity index (χ0v) is 10.9. The number of hydrogen-bond donors (Lipinski definition) is 1. The van der Waals surface area contributed by atoms with Crippen LogP contribution in [-0.4, -0.2) is 22.8 Å². The molecule has 0 saturated carbocycles. The summed E-state index contributed by atoms with van der Waals surface area (Å²) in [5, 5.41) is 9.64. The van der Waals surface area contributed by atoms with Crippen molar-refractivity contribution in [2.75, 3.05) is 18.5 Å². The van der Waals surface area contributed by atoms with Crippen LogP contribution in [0.1, 0.15) is 5.69 Å². The van der Waals surface area contributed by atoms with E-state index in [2.05, 4.69) is 14.9 Å². The number of fused-ring (bicyclic) bond motifs is 1. The molecule has 7 heteroatoms. The highest BCUT2D eigenvalue weighted by molar-refractivity contribution is 7.03. The Morgan fingerprint density at radius 1 is 1.28 bits per heavy atom. The maximum absolute atomic E-state index is 6.17. The van der Waals surface area contributed by atoms with Gasteiger partial charge in [0, 0.05) is 17.5 Å². The molecule has 0 amide bonds. The predicted octanol–water partition coefficient (Wildman–Crippen LogP) is 2.57. The van der Waals surface area contributed by atoms with E-state index in [9.17, 15) is 0 Å². The van der Waals surface area contributed by atoms with Crippen LogP contribution in [0.25, 0.3) is 0 Å². The third-order valence-corrected chi connectivity index (χ3v) is 3.36. The van der Waals surface area contributed by atoms with Gasteiger partial charge in [-0.3, -0.25) is 0 Å². The van der Waals surface area contributed by atoms with Crippen molar-refractivity contribution in [2.45, 2.75) is 6.54 Å². The van der Waals surface area contributed by atoms with E-state index in [0.717, 1.165) is 11.4 Å². The SMILES string of the molecule is Clc1cc2c(cc1NCc1csnn1)OCCO2. The Kier molecular flexibility index (Phi) is 3.21. The van der Waals surface area contributed by atoms with E-state index in [-0.39, 0.29) is 0 Å². The third-order valence-electron chi connectivity index (χ3n) is 2.50. The molecular weight excluding hydrogens is 274 g/mol. The van der Waals surface area contributed by atoms with Gasteiger partial charge in [0.25, 0.3) is 0 Å². The van der Waals surface area contributed by atoms with Crippen LogP contribution < -0.4 is 14.8 Å². The normalized spacial score (nSPS) is 13.4. The van der Waals surface area contributed by atoms with Gasteiger partial charge in [0.15, 0.2) is 11.5 Å². The highest BCUT2D eigenvalue weighted by atomic mass is 35.5. The molecule has 0 atom stereocenters. The van der Waals surface area contributed by atoms with Crippen LogP contribution in [0.3, 0.4) is 0 Å². The van der Waals surface area contributed by atoms with Crippen LogP contribution in [0.2, 0.25) is 5.02 Å². The van der Waals surface area contributed by atoms with Crippen molar-refractivity contribution < 1.29 is 9.47 Å². The molecule has 0 fully saturated rings. The summed E-state index contributed by atoms with van der Waals surface area (Å²) in [6.45, 7) is 1.69. The molecule has 0 bridgehead atoms. The van der Waals surface area contributed by atoms with Crippen LogP contribution in [0, 0.1) is 0 Å². The van der Waals surface area contributed by atoms with Gasteiger partial charge < -0.3 is 14.8 Å². The van der Waals surface area contributed by atoms with E-state index >= 15 is 0 Å². The Bertz CT molecular complexity index is 547. The molecule has 94 valence electrons. The molecule has 5 nitrogen and oxygen atoms in total. The number of nitrogens with one attached hydrogen (secondary N) is 1. The summed E-state index contributed by atoms with van der Waals surface area (Å²) in [5.41, 5.74) is 1.68. The maximum atomic E-state index is 6.17. The molecule has 18 heavy (non-hydrogen) atoms. The average molecular weight is 284 g/mol. The van der Waals surface area contributed by atoms with Gasteiger partial charge in [-0.2, -0.15) is 0 Å². The van der Waals surface area contributed by atoms with Crippen molar-refractivity contribution in [3.05, 3.63) is 28.2 Å². The highest BCUT2D eigenvalue weighted by Crippen LogP contribution is 2.38. The van der Waals surface area contributed by atoms with Gasteiger partial charge in [-0.25, -0.2) is 0 Å². The fourth-order valence-corrected chi connectivity index (χ4v) is 2.32. The van der Waals surface area contributed by atoms with Crippen molar-refractivity contribution in [1.82, 2.24) is 9.59 Å². The second-order valence-electron chi connectivity index (χ2n) is 3.73. The Morgan fingerprint density at radius 3 is 2.78 bits per heavy atom. The Labute approximate surface area is 113 Å². The summed E-state index contributed by atoms with van der Waals surface area (Å²) in [7, 11) is 0. The minimum atomic E-state index is 0.556. The van der Waals surface area contributed by atoms with E-state index < -0.39 is 0 Å². The van der Waals surface area contributed by atoms with Gasteiger partial charge in [-0.1, -0.05) is 16.1 Å². The lowest BCUT2D eigenvalue weighted by molar-refractivity contribution is 0.171. The van der Waals surface area contributed by atoms with Crippen molar-refractivity contribution >= 4 is 28.8 Å². The Morgan fingerprint density at radius 2 is 2.06 bits per heavy atom. The standard InChI is InChI=1S/C11H10ClN3O2S/c12-8-3-10-11(17-2-1-16-10)4-9(8)13-5-7-6-18-15-14-7/h3-4,6,13H,1-2,5H2. The van der Waals surface area contributed by atoms with Crippen molar-refractivity contribution in [3.8, 4) is 11.5 Å². The predicted molar refractivity (Wildman–Crippen MR) is 69.7 cm³/mol. The number of rotatable bonds is 3. The molecule has 3 rings (SSSR count). The lowest BCUT2D eigenvalue weighted by Crippen LogP contribution is -2.15. The molecule has 0 spiro atoms. The minimum Gasteiger partial charge on any atom is -0.486 e. The fourth-order valence-electron chi connectivity index (χ4n) is 1.65. The Hall–Kier alpha value is -1.53. The first-order chi connectivity index (χ1) is 8.83. The largest absolute Gasteiger partial charge is 0.486 e. The van der Waals surface area contributed by atoms with Crippen LogP contribution in [-0.2, 0) is 6.54 Å². The zero-order chi connectivity index (χ0) is 12.4. The number of hydrogen-bond acceptors (Lipinski definition) is 6. The molecular formula is C11H10ClN3O2S. The smallest absolute Gasteiger partial charge is 0.163 e. The summed E-state index contributed by atoms with van der Waals surface area (Å²) in [4.78, 5) is 0. The number of benzene rings is 1. The lowest BCUT2D eigenvalue weighted by atomic mass is 10.2. The first-order valence-corrected chi connectivity index (χ1v) is 6.63. The van der Waals surface area contributed by atoms with Crippen molar-refractivity contribution in [3.63, 3.8) is 0 Å². The van der Waals surface area contributed by atoms with E-state index in [1.54, 1.807) is 6.07 Å². The summed E-state index contributed by atoms with van der Waals surface area (Å²) in [6.07, 6.45) is 0. The van der Waals surface area contributed by atoms with Gasteiger partial charge in [0.2, 0.25) is 0 Å². The van der Waals surface area contributed by atoms with E-state index in [0.29, 0.717) is 36.3 Å². The molecule has 1 aromatic carbocycles. The van der Waals surface area contributed by atoms with Gasteiger partial charge >= 0.3 is 0 Å². The first-order valence-electron chi connectivity index (χ1n) is 5.42. The van der Waals surface area contributed by atoms with Crippen molar-refractivity contribution in [2.24, 2.45) is 0 Å². The molecule has 1 aliphatic rings. The maximum Gasteiger partial charge on any atom is 0.163 e. The van der Waals surface area contributed by atoms with E-state index in [1.807, 2.05) is 11.4 Å². The third kappa shape index (κ3) is 2.34. The number of anilines is 1. The van der Waals surface area contributed by atoms with E-state index in [1.165, 1.54) is 11.5 Å². The summed E-state index contributed by atoms with van der Waals surface area (Å²) in [6, 6.07) is 3.61. The molecule has 0 saturated heterocycles. The van der Waals surface area contributed by atoms with Gasteiger partial charge in [0.1, 0.15) is 13.2 Å². The lowest BCUT2D eigenvalue weighted by Gasteiger charge is -2.20. The highest BCUT2D eigenvalue weighted by Gasteiger charge is 2.15. The minimum absolute atomic E-state index is 0.556. The number of aromatic nitrogens is 2. The molecule has 2 heterocycles. The molecule has 1 N–H and O–H groups in total. The number of ether oxygens (including phenoxy) is 2. The monoisotopic (exact) mass is 283 g/mol. The van der Waals surface area contributed by atoms with Crippen LogP contribution in [0.5, 0.6) is 11.5 Å². The average Bonchev–Trinajstić information content (AvgIpc) is 2.89. The van der Waals surface area contributed by atoms with Crippen LogP contribution in [0.15, 0.2) is 17.5 Å². The van der Waals surface area contributed by atoms with E-state index in [4.69, 9.17) is 21.1 Å².